The Hall–Kier alpha value is -5.26. The summed E-state index contributed by atoms with van der Waals surface area (Å²) in [6.45, 7) is 5.17. The van der Waals surface area contributed by atoms with Crippen molar-refractivity contribution in [2.24, 2.45) is 0 Å². The van der Waals surface area contributed by atoms with Gasteiger partial charge in [0.1, 0.15) is 24.2 Å². The topological polar surface area (TPSA) is 137 Å². The molecule has 5 amide bonds. The molecular formula is C37H44FN5O6. The molecule has 1 aliphatic rings. The first-order chi connectivity index (χ1) is 23.4. The standard InChI is InChI=1S/C37H44FN5O6/c1-5-43-22-34(46)42(4)21-32(44)40-28(19-25-11-7-6-8-12-25)23-49-31-14-10-9-13-29(31)35(47)41-30(20-33(43)45)36(48)39-24-37(2,3)26-15-17-27(38)18-16-26/h6-18,28,30H,5,19-24H2,1-4H3,(H,39,48)(H,40,44)(H,41,47)/t28-,30+/m1/s1. The second-order valence-electron chi connectivity index (χ2n) is 12.8. The lowest BCUT2D eigenvalue weighted by Crippen LogP contribution is -2.52. The van der Waals surface area contributed by atoms with Crippen LogP contribution in [0.3, 0.4) is 0 Å². The number of hydrogen-bond donors (Lipinski definition) is 3. The molecular weight excluding hydrogens is 629 g/mol. The van der Waals surface area contributed by atoms with Gasteiger partial charge < -0.3 is 30.5 Å². The molecule has 3 N–H and O–H groups in total. The molecule has 2 atom stereocenters. The van der Waals surface area contributed by atoms with Crippen molar-refractivity contribution in [3.05, 3.63) is 101 Å². The predicted octanol–water partition coefficient (Wildman–Crippen LogP) is 2.84. The van der Waals surface area contributed by atoms with E-state index in [2.05, 4.69) is 16.0 Å². The zero-order valence-corrected chi connectivity index (χ0v) is 28.3. The minimum Gasteiger partial charge on any atom is -0.491 e. The number of hydrogen-bond acceptors (Lipinski definition) is 6. The molecule has 0 spiro atoms. The maximum absolute atomic E-state index is 13.7. The summed E-state index contributed by atoms with van der Waals surface area (Å²) >= 11 is 0. The Morgan fingerprint density at radius 2 is 1.59 bits per heavy atom. The highest BCUT2D eigenvalue weighted by atomic mass is 19.1. The smallest absolute Gasteiger partial charge is 0.255 e. The van der Waals surface area contributed by atoms with Crippen LogP contribution in [0.5, 0.6) is 5.75 Å². The molecule has 0 unspecified atom stereocenters. The van der Waals surface area contributed by atoms with Crippen molar-refractivity contribution in [1.82, 2.24) is 25.8 Å². The van der Waals surface area contributed by atoms with Crippen LogP contribution in [-0.4, -0.2) is 91.3 Å². The molecule has 0 bridgehead atoms. The zero-order chi connectivity index (χ0) is 35.6. The molecule has 0 aliphatic carbocycles. The van der Waals surface area contributed by atoms with Crippen LogP contribution in [0.4, 0.5) is 4.39 Å². The van der Waals surface area contributed by atoms with Crippen LogP contribution < -0.4 is 20.7 Å². The van der Waals surface area contributed by atoms with E-state index in [-0.39, 0.29) is 49.9 Å². The molecule has 0 saturated heterocycles. The summed E-state index contributed by atoms with van der Waals surface area (Å²) in [5, 5.41) is 8.49. The van der Waals surface area contributed by atoms with Crippen LogP contribution in [0.25, 0.3) is 0 Å². The molecule has 260 valence electrons. The number of likely N-dealkylation sites (N-methyl/N-ethyl adjacent to an activating group) is 2. The number of amides is 5. The number of halogens is 1. The Labute approximate surface area is 286 Å². The van der Waals surface area contributed by atoms with Gasteiger partial charge in [0.05, 0.1) is 31.1 Å². The van der Waals surface area contributed by atoms with Gasteiger partial charge in [0, 0.05) is 25.6 Å². The van der Waals surface area contributed by atoms with Crippen LogP contribution in [0.2, 0.25) is 0 Å². The van der Waals surface area contributed by atoms with Gasteiger partial charge in [-0.2, -0.15) is 0 Å². The van der Waals surface area contributed by atoms with Gasteiger partial charge in [0.25, 0.3) is 5.91 Å². The van der Waals surface area contributed by atoms with Gasteiger partial charge in [0.15, 0.2) is 0 Å². The Bertz CT molecular complexity index is 1630. The third kappa shape index (κ3) is 10.4. The molecule has 1 heterocycles. The Morgan fingerprint density at radius 3 is 2.29 bits per heavy atom. The number of para-hydroxylation sites is 1. The molecule has 1 aliphatic heterocycles. The normalized spacial score (nSPS) is 18.5. The summed E-state index contributed by atoms with van der Waals surface area (Å²) in [4.78, 5) is 69.7. The van der Waals surface area contributed by atoms with E-state index in [1.165, 1.54) is 29.0 Å². The van der Waals surface area contributed by atoms with Crippen LogP contribution in [0.15, 0.2) is 78.9 Å². The van der Waals surface area contributed by atoms with Gasteiger partial charge >= 0.3 is 0 Å². The molecule has 0 aromatic heterocycles. The summed E-state index contributed by atoms with van der Waals surface area (Å²) in [7, 11) is 1.48. The largest absolute Gasteiger partial charge is 0.491 e. The number of benzene rings is 3. The lowest BCUT2D eigenvalue weighted by atomic mass is 9.84. The molecule has 3 aromatic carbocycles. The average molecular weight is 674 g/mol. The first-order valence-electron chi connectivity index (χ1n) is 16.3. The van der Waals surface area contributed by atoms with E-state index in [0.29, 0.717) is 6.42 Å². The quantitative estimate of drug-likeness (QED) is 0.353. The first-order valence-corrected chi connectivity index (χ1v) is 16.3. The fraction of sp³-hybridized carbons (Fsp3) is 0.378. The van der Waals surface area contributed by atoms with Crippen molar-refractivity contribution < 1.29 is 33.1 Å². The molecule has 0 radical (unpaired) electrons. The van der Waals surface area contributed by atoms with Crippen molar-refractivity contribution in [3.8, 4) is 5.75 Å². The minimum atomic E-state index is -1.30. The summed E-state index contributed by atoms with van der Waals surface area (Å²) in [6.07, 6.45) is -0.00468. The number of carbonyl (C=O) groups is 5. The molecule has 3 aromatic rings. The Kier molecular flexibility index (Phi) is 12.5. The third-order valence-corrected chi connectivity index (χ3v) is 8.46. The summed E-state index contributed by atoms with van der Waals surface area (Å²) in [5.41, 5.74) is 1.26. The second kappa shape index (κ2) is 16.7. The van der Waals surface area contributed by atoms with Gasteiger partial charge in [-0.1, -0.05) is 68.4 Å². The Balaban J connectivity index is 1.62. The van der Waals surface area contributed by atoms with E-state index in [1.807, 2.05) is 44.2 Å². The SMILES string of the molecule is CCN1CC(=O)N(C)CC(=O)N[C@H](Cc2ccccc2)COc2ccccc2C(=O)N[C@H](C(=O)NCC(C)(C)c2ccc(F)cc2)CC1=O. The zero-order valence-electron chi connectivity index (χ0n) is 28.3. The number of rotatable bonds is 7. The lowest BCUT2D eigenvalue weighted by Gasteiger charge is -2.28. The third-order valence-electron chi connectivity index (χ3n) is 8.46. The number of carbonyl (C=O) groups excluding carboxylic acids is 5. The van der Waals surface area contributed by atoms with Crippen LogP contribution in [0.1, 0.15) is 48.7 Å². The monoisotopic (exact) mass is 673 g/mol. The van der Waals surface area contributed by atoms with Gasteiger partial charge in [-0.25, -0.2) is 4.39 Å². The van der Waals surface area contributed by atoms with E-state index in [9.17, 15) is 28.4 Å². The average Bonchev–Trinajstić information content (AvgIpc) is 3.08. The maximum atomic E-state index is 13.7. The van der Waals surface area contributed by atoms with Crippen LogP contribution in [0, 0.1) is 5.82 Å². The van der Waals surface area contributed by atoms with Crippen molar-refractivity contribution in [3.63, 3.8) is 0 Å². The fourth-order valence-electron chi connectivity index (χ4n) is 5.44. The van der Waals surface area contributed by atoms with Crippen molar-refractivity contribution in [2.75, 3.05) is 39.8 Å². The molecule has 11 nitrogen and oxygen atoms in total. The first kappa shape index (κ1) is 36.6. The summed E-state index contributed by atoms with van der Waals surface area (Å²) in [6, 6.07) is 20.2. The predicted molar refractivity (Wildman–Crippen MR) is 182 cm³/mol. The van der Waals surface area contributed by atoms with E-state index in [4.69, 9.17) is 4.74 Å². The molecule has 49 heavy (non-hydrogen) atoms. The highest BCUT2D eigenvalue weighted by molar-refractivity contribution is 6.01. The van der Waals surface area contributed by atoms with Crippen molar-refractivity contribution >= 4 is 29.5 Å². The van der Waals surface area contributed by atoms with Crippen LogP contribution in [-0.2, 0) is 31.0 Å². The fourth-order valence-corrected chi connectivity index (χ4v) is 5.44. The lowest BCUT2D eigenvalue weighted by molar-refractivity contribution is -0.142. The minimum absolute atomic E-state index is 0.00701. The van der Waals surface area contributed by atoms with Gasteiger partial charge in [-0.15, -0.1) is 0 Å². The number of nitrogens with one attached hydrogen (secondary N) is 3. The summed E-state index contributed by atoms with van der Waals surface area (Å²) < 4.78 is 19.7. The molecule has 0 fully saturated rings. The van der Waals surface area contributed by atoms with E-state index in [0.717, 1.165) is 11.1 Å². The molecule has 12 heteroatoms. The molecule has 4 rings (SSSR count). The van der Waals surface area contributed by atoms with Crippen molar-refractivity contribution in [2.45, 2.75) is 51.1 Å². The van der Waals surface area contributed by atoms with E-state index < -0.39 is 53.5 Å². The van der Waals surface area contributed by atoms with E-state index >= 15 is 0 Å². The number of fused-ring (bicyclic) bond motifs is 1. The van der Waals surface area contributed by atoms with E-state index in [1.54, 1.807) is 43.3 Å². The Morgan fingerprint density at radius 1 is 0.918 bits per heavy atom. The second-order valence-corrected chi connectivity index (χ2v) is 12.8. The van der Waals surface area contributed by atoms with Crippen LogP contribution >= 0.6 is 0 Å². The number of nitrogens with zero attached hydrogens (tertiary/aromatic N) is 2. The van der Waals surface area contributed by atoms with Gasteiger partial charge in [-0.3, -0.25) is 24.0 Å². The maximum Gasteiger partial charge on any atom is 0.255 e. The summed E-state index contributed by atoms with van der Waals surface area (Å²) in [5.74, 6) is -2.82. The number of ether oxygens (including phenoxy) is 1. The molecule has 0 saturated carbocycles. The van der Waals surface area contributed by atoms with Gasteiger partial charge in [-0.05, 0) is 48.7 Å². The van der Waals surface area contributed by atoms with Crippen molar-refractivity contribution in [1.29, 1.82) is 0 Å². The highest BCUT2D eigenvalue weighted by Gasteiger charge is 2.31. The highest BCUT2D eigenvalue weighted by Crippen LogP contribution is 2.23. The van der Waals surface area contributed by atoms with Gasteiger partial charge in [0.2, 0.25) is 23.6 Å².